The second-order valence-corrected chi connectivity index (χ2v) is 8.57. The molecule has 2 aromatic carbocycles. The Morgan fingerprint density at radius 3 is 2.35 bits per heavy atom. The van der Waals surface area contributed by atoms with Crippen molar-refractivity contribution in [3.63, 3.8) is 0 Å². The Labute approximate surface area is 203 Å². The Morgan fingerprint density at radius 1 is 0.971 bits per heavy atom. The van der Waals surface area contributed by atoms with Gasteiger partial charge in [0.1, 0.15) is 5.60 Å². The first-order valence-corrected chi connectivity index (χ1v) is 10.7. The molecule has 2 N–H and O–H groups in total. The highest BCUT2D eigenvalue weighted by molar-refractivity contribution is 6.34. The van der Waals surface area contributed by atoms with Crippen LogP contribution in [-0.2, 0) is 4.74 Å². The molecule has 0 aliphatic carbocycles. The molecule has 0 aliphatic heterocycles. The van der Waals surface area contributed by atoms with E-state index in [0.29, 0.717) is 17.0 Å². The number of halogens is 1. The predicted molar refractivity (Wildman–Crippen MR) is 132 cm³/mol. The van der Waals surface area contributed by atoms with Crippen LogP contribution in [0.4, 0.5) is 16.3 Å². The van der Waals surface area contributed by atoms with Gasteiger partial charge < -0.3 is 14.8 Å². The Morgan fingerprint density at radius 2 is 1.68 bits per heavy atom. The summed E-state index contributed by atoms with van der Waals surface area (Å²) in [5.74, 6) is 6.09. The Hall–Kier alpha value is -4.02. The molecule has 1 heterocycles. The number of hydrogen-bond acceptors (Lipinski definition) is 5. The maximum absolute atomic E-state index is 12.9. The van der Waals surface area contributed by atoms with Gasteiger partial charge in [-0.25, -0.2) is 9.78 Å². The van der Waals surface area contributed by atoms with E-state index in [0.717, 1.165) is 5.56 Å². The second kappa shape index (κ2) is 10.7. The van der Waals surface area contributed by atoms with Crippen LogP contribution in [0.15, 0.2) is 60.8 Å². The lowest BCUT2D eigenvalue weighted by atomic mass is 10.1. The number of benzene rings is 2. The van der Waals surface area contributed by atoms with Crippen molar-refractivity contribution in [1.29, 1.82) is 0 Å². The number of carbonyl (C=O) groups excluding carboxylic acids is 2. The molecule has 3 aromatic rings. The van der Waals surface area contributed by atoms with E-state index in [1.54, 1.807) is 32.9 Å². The first-order chi connectivity index (χ1) is 16.1. The number of aromatic nitrogens is 1. The first-order valence-electron chi connectivity index (χ1n) is 10.4. The monoisotopic (exact) mass is 477 g/mol. The molecule has 0 aliphatic rings. The van der Waals surface area contributed by atoms with Crippen molar-refractivity contribution in [2.75, 3.05) is 17.7 Å². The minimum absolute atomic E-state index is 0.145. The molecule has 3 rings (SSSR count). The van der Waals surface area contributed by atoms with Gasteiger partial charge >= 0.3 is 6.09 Å². The third kappa shape index (κ3) is 6.99. The van der Waals surface area contributed by atoms with Crippen LogP contribution in [0.3, 0.4) is 0 Å². The van der Waals surface area contributed by atoms with E-state index in [-0.39, 0.29) is 16.4 Å². The summed E-state index contributed by atoms with van der Waals surface area (Å²) in [6, 6.07) is 15.8. The Kier molecular flexibility index (Phi) is 7.77. The third-order valence-electron chi connectivity index (χ3n) is 4.29. The van der Waals surface area contributed by atoms with E-state index in [2.05, 4.69) is 27.5 Å². The van der Waals surface area contributed by atoms with Gasteiger partial charge in [-0.2, -0.15) is 0 Å². The van der Waals surface area contributed by atoms with Gasteiger partial charge in [-0.1, -0.05) is 41.6 Å². The molecule has 0 saturated heterocycles. The number of anilines is 2. The molecule has 0 unspecified atom stereocenters. The molecular weight excluding hydrogens is 454 g/mol. The van der Waals surface area contributed by atoms with Gasteiger partial charge in [0.25, 0.3) is 5.91 Å². The summed E-state index contributed by atoms with van der Waals surface area (Å²) in [5.41, 5.74) is 1.34. The van der Waals surface area contributed by atoms with Crippen LogP contribution in [0.25, 0.3) is 0 Å². The van der Waals surface area contributed by atoms with Crippen LogP contribution in [0.5, 0.6) is 5.75 Å². The van der Waals surface area contributed by atoms with E-state index in [9.17, 15) is 9.59 Å². The smallest absolute Gasteiger partial charge is 0.412 e. The van der Waals surface area contributed by atoms with E-state index < -0.39 is 17.6 Å². The van der Waals surface area contributed by atoms with Gasteiger partial charge in [0.15, 0.2) is 11.6 Å². The molecular formula is C26H24ClN3O4. The standard InChI is InChI=1S/C26H24ClN3O4/c1-26(2,3)34-25(32)29-19-12-13-21(27)20(15-19)24(31)30-23-22(33-4)14-18(16-28-23)11-10-17-8-6-5-7-9-17/h5-9,12-16H,1-4H3,(H,29,32)(H,28,30,31). The number of ether oxygens (including phenoxy) is 2. The van der Waals surface area contributed by atoms with Crippen LogP contribution < -0.4 is 15.4 Å². The van der Waals surface area contributed by atoms with Crippen LogP contribution >= 0.6 is 11.6 Å². The summed E-state index contributed by atoms with van der Waals surface area (Å²) in [4.78, 5) is 29.2. The molecule has 1 aromatic heterocycles. The highest BCUT2D eigenvalue weighted by atomic mass is 35.5. The Balaban J connectivity index is 1.77. The normalized spacial score (nSPS) is 10.5. The lowest BCUT2D eigenvalue weighted by Gasteiger charge is -2.20. The van der Waals surface area contributed by atoms with E-state index in [1.807, 2.05) is 30.3 Å². The molecule has 174 valence electrons. The van der Waals surface area contributed by atoms with E-state index in [4.69, 9.17) is 21.1 Å². The zero-order valence-electron chi connectivity index (χ0n) is 19.2. The average Bonchev–Trinajstić information content (AvgIpc) is 2.79. The van der Waals surface area contributed by atoms with Gasteiger partial charge in [-0.3, -0.25) is 10.1 Å². The van der Waals surface area contributed by atoms with Gasteiger partial charge in [-0.15, -0.1) is 0 Å². The van der Waals surface area contributed by atoms with Crippen molar-refractivity contribution in [3.8, 4) is 17.6 Å². The number of nitrogens with one attached hydrogen (secondary N) is 2. The molecule has 2 amide bonds. The minimum Gasteiger partial charge on any atom is -0.493 e. The van der Waals surface area contributed by atoms with Gasteiger partial charge in [0.2, 0.25) is 0 Å². The molecule has 0 spiro atoms. The summed E-state index contributed by atoms with van der Waals surface area (Å²) in [7, 11) is 1.47. The zero-order chi connectivity index (χ0) is 24.7. The number of methoxy groups -OCH3 is 1. The molecule has 0 fully saturated rings. The number of nitrogens with zero attached hydrogens (tertiary/aromatic N) is 1. The molecule has 8 heteroatoms. The molecule has 34 heavy (non-hydrogen) atoms. The quantitative estimate of drug-likeness (QED) is 0.467. The maximum Gasteiger partial charge on any atom is 0.412 e. The maximum atomic E-state index is 12.9. The molecule has 0 saturated carbocycles. The Bertz CT molecular complexity index is 1260. The molecule has 0 radical (unpaired) electrons. The third-order valence-corrected chi connectivity index (χ3v) is 4.62. The fraction of sp³-hybridized carbons (Fsp3) is 0.192. The van der Waals surface area contributed by atoms with Gasteiger partial charge in [0, 0.05) is 29.1 Å². The lowest BCUT2D eigenvalue weighted by Crippen LogP contribution is -2.27. The van der Waals surface area contributed by atoms with E-state index in [1.165, 1.54) is 25.4 Å². The number of amides is 2. The SMILES string of the molecule is COc1cc(C#Cc2ccccc2)cnc1NC(=O)c1cc(NC(=O)OC(C)(C)C)ccc1Cl. The predicted octanol–water partition coefficient (Wildman–Crippen LogP) is 5.74. The van der Waals surface area contributed by atoms with Crippen LogP contribution in [-0.4, -0.2) is 29.7 Å². The number of carbonyl (C=O) groups is 2. The topological polar surface area (TPSA) is 89.5 Å². The fourth-order valence-corrected chi connectivity index (χ4v) is 3.00. The van der Waals surface area contributed by atoms with Crippen molar-refractivity contribution in [1.82, 2.24) is 4.98 Å². The molecule has 7 nitrogen and oxygen atoms in total. The van der Waals surface area contributed by atoms with Crippen molar-refractivity contribution in [2.45, 2.75) is 26.4 Å². The number of pyridine rings is 1. The number of rotatable bonds is 4. The summed E-state index contributed by atoms with van der Waals surface area (Å²) >= 11 is 6.22. The van der Waals surface area contributed by atoms with Crippen molar-refractivity contribution in [2.24, 2.45) is 0 Å². The first kappa shape index (κ1) is 24.6. The van der Waals surface area contributed by atoms with Crippen molar-refractivity contribution >= 4 is 35.1 Å². The molecule has 0 bridgehead atoms. The average molecular weight is 478 g/mol. The van der Waals surface area contributed by atoms with Crippen LogP contribution in [0.2, 0.25) is 5.02 Å². The summed E-state index contributed by atoms with van der Waals surface area (Å²) in [5, 5.41) is 5.48. The lowest BCUT2D eigenvalue weighted by molar-refractivity contribution is 0.0635. The zero-order valence-corrected chi connectivity index (χ0v) is 20.0. The van der Waals surface area contributed by atoms with Crippen molar-refractivity contribution < 1.29 is 19.1 Å². The summed E-state index contributed by atoms with van der Waals surface area (Å²) < 4.78 is 10.6. The van der Waals surface area contributed by atoms with Crippen molar-refractivity contribution in [3.05, 3.63) is 82.5 Å². The number of hydrogen-bond donors (Lipinski definition) is 2. The van der Waals surface area contributed by atoms with Gasteiger partial charge in [0.05, 0.1) is 17.7 Å². The van der Waals surface area contributed by atoms with Gasteiger partial charge in [-0.05, 0) is 51.1 Å². The van der Waals surface area contributed by atoms with Crippen LogP contribution in [0, 0.1) is 11.8 Å². The largest absolute Gasteiger partial charge is 0.493 e. The highest BCUT2D eigenvalue weighted by Crippen LogP contribution is 2.26. The summed E-state index contributed by atoms with van der Waals surface area (Å²) in [6.07, 6.45) is 0.896. The van der Waals surface area contributed by atoms with E-state index >= 15 is 0 Å². The highest BCUT2D eigenvalue weighted by Gasteiger charge is 2.18. The second-order valence-electron chi connectivity index (χ2n) is 8.17. The summed E-state index contributed by atoms with van der Waals surface area (Å²) in [6.45, 7) is 5.27. The van der Waals surface area contributed by atoms with Crippen LogP contribution in [0.1, 0.15) is 42.3 Å². The molecule has 0 atom stereocenters. The minimum atomic E-state index is -0.656. The fourth-order valence-electron chi connectivity index (χ4n) is 2.80.